The van der Waals surface area contributed by atoms with Crippen molar-refractivity contribution in [3.05, 3.63) is 55.2 Å². The van der Waals surface area contributed by atoms with E-state index in [4.69, 9.17) is 29.0 Å². The fourth-order valence-electron chi connectivity index (χ4n) is 2.67. The molecule has 0 saturated carbocycles. The molecular formula is C15H16Cl2N2S. The molecule has 2 aromatic rings. The van der Waals surface area contributed by atoms with Crippen LogP contribution in [-0.4, -0.2) is 0 Å². The molecule has 106 valence electrons. The standard InChI is InChI=1S/C15H16Cl2N2S/c16-11-5-4-9(6-12(11)17)7-13(19-18)15-8-10-2-1-3-14(10)20-15/h4-6,8,13,19H,1-3,7,18H2. The maximum atomic E-state index is 6.07. The summed E-state index contributed by atoms with van der Waals surface area (Å²) in [7, 11) is 0. The summed E-state index contributed by atoms with van der Waals surface area (Å²) in [6.07, 6.45) is 4.52. The smallest absolute Gasteiger partial charge is 0.0595 e. The quantitative estimate of drug-likeness (QED) is 0.649. The minimum Gasteiger partial charge on any atom is -0.271 e. The van der Waals surface area contributed by atoms with Crippen molar-refractivity contribution < 1.29 is 0 Å². The van der Waals surface area contributed by atoms with Crippen LogP contribution in [0.1, 0.15) is 33.3 Å². The number of nitrogens with one attached hydrogen (secondary N) is 1. The minimum atomic E-state index is 0.128. The number of nitrogens with two attached hydrogens (primary N) is 1. The van der Waals surface area contributed by atoms with Crippen LogP contribution >= 0.6 is 34.5 Å². The zero-order valence-electron chi connectivity index (χ0n) is 11.0. The molecule has 3 rings (SSSR count). The molecule has 1 atom stereocenters. The van der Waals surface area contributed by atoms with E-state index in [1.807, 2.05) is 29.5 Å². The summed E-state index contributed by atoms with van der Waals surface area (Å²) < 4.78 is 0. The van der Waals surface area contributed by atoms with E-state index in [1.54, 1.807) is 0 Å². The molecule has 20 heavy (non-hydrogen) atoms. The van der Waals surface area contributed by atoms with Gasteiger partial charge in [-0.05, 0) is 55.0 Å². The lowest BCUT2D eigenvalue weighted by atomic mass is 10.0. The molecule has 5 heteroatoms. The lowest BCUT2D eigenvalue weighted by Crippen LogP contribution is -2.29. The van der Waals surface area contributed by atoms with Gasteiger partial charge in [0.15, 0.2) is 0 Å². The fraction of sp³-hybridized carbons (Fsp3) is 0.333. The van der Waals surface area contributed by atoms with E-state index in [-0.39, 0.29) is 6.04 Å². The average molecular weight is 327 g/mol. The normalized spacial score (nSPS) is 15.3. The van der Waals surface area contributed by atoms with Gasteiger partial charge in [0, 0.05) is 9.75 Å². The van der Waals surface area contributed by atoms with Gasteiger partial charge in [0.1, 0.15) is 0 Å². The van der Waals surface area contributed by atoms with Crippen LogP contribution in [-0.2, 0) is 19.3 Å². The summed E-state index contributed by atoms with van der Waals surface area (Å²) in [6.45, 7) is 0. The Kier molecular flexibility index (Phi) is 4.34. The van der Waals surface area contributed by atoms with Gasteiger partial charge < -0.3 is 0 Å². The zero-order valence-corrected chi connectivity index (χ0v) is 13.3. The van der Waals surface area contributed by atoms with Gasteiger partial charge in [0.25, 0.3) is 0 Å². The number of thiophene rings is 1. The Hall–Kier alpha value is -0.580. The van der Waals surface area contributed by atoms with Crippen molar-refractivity contribution in [2.75, 3.05) is 0 Å². The van der Waals surface area contributed by atoms with Crippen molar-refractivity contribution in [2.45, 2.75) is 31.7 Å². The summed E-state index contributed by atoms with van der Waals surface area (Å²) in [5, 5.41) is 1.18. The van der Waals surface area contributed by atoms with E-state index < -0.39 is 0 Å². The second-order valence-corrected chi connectivity index (χ2v) is 7.11. The molecule has 0 bridgehead atoms. The van der Waals surface area contributed by atoms with Crippen molar-refractivity contribution in [3.8, 4) is 0 Å². The Labute approximate surface area is 132 Å². The summed E-state index contributed by atoms with van der Waals surface area (Å²) in [6, 6.07) is 8.17. The topological polar surface area (TPSA) is 38.0 Å². The Morgan fingerprint density at radius 3 is 2.75 bits per heavy atom. The first-order chi connectivity index (χ1) is 9.67. The third-order valence-corrected chi connectivity index (χ3v) is 5.82. The van der Waals surface area contributed by atoms with Crippen LogP contribution in [0.2, 0.25) is 10.0 Å². The predicted octanol–water partition coefficient (Wildman–Crippen LogP) is 4.29. The number of hydrogen-bond donors (Lipinski definition) is 2. The SMILES string of the molecule is NNC(Cc1ccc(Cl)c(Cl)c1)c1cc2c(s1)CCC2. The second-order valence-electron chi connectivity index (χ2n) is 5.12. The van der Waals surface area contributed by atoms with Crippen molar-refractivity contribution in [3.63, 3.8) is 0 Å². The highest BCUT2D eigenvalue weighted by molar-refractivity contribution is 7.12. The minimum absolute atomic E-state index is 0.128. The fourth-order valence-corrected chi connectivity index (χ4v) is 4.31. The molecule has 0 radical (unpaired) electrons. The zero-order chi connectivity index (χ0) is 14.1. The van der Waals surface area contributed by atoms with Gasteiger partial charge in [-0.15, -0.1) is 11.3 Å². The molecule has 0 saturated heterocycles. The number of hydrazine groups is 1. The molecule has 1 heterocycles. The first-order valence-electron chi connectivity index (χ1n) is 6.69. The Bertz CT molecular complexity index is 603. The molecule has 1 aromatic carbocycles. The monoisotopic (exact) mass is 326 g/mol. The van der Waals surface area contributed by atoms with Gasteiger partial charge in [0.2, 0.25) is 0 Å². The molecule has 0 amide bonds. The molecule has 0 spiro atoms. The van der Waals surface area contributed by atoms with Crippen LogP contribution in [0.25, 0.3) is 0 Å². The van der Waals surface area contributed by atoms with Gasteiger partial charge in [-0.2, -0.15) is 0 Å². The Morgan fingerprint density at radius 1 is 1.20 bits per heavy atom. The third kappa shape index (κ3) is 2.87. The van der Waals surface area contributed by atoms with Crippen LogP contribution in [0.15, 0.2) is 24.3 Å². The first kappa shape index (κ1) is 14.4. The lowest BCUT2D eigenvalue weighted by molar-refractivity contribution is 0.560. The van der Waals surface area contributed by atoms with E-state index in [0.29, 0.717) is 10.0 Å². The van der Waals surface area contributed by atoms with E-state index >= 15 is 0 Å². The molecule has 3 N–H and O–H groups in total. The van der Waals surface area contributed by atoms with Crippen LogP contribution < -0.4 is 11.3 Å². The number of rotatable bonds is 4. The van der Waals surface area contributed by atoms with Gasteiger partial charge in [-0.25, -0.2) is 0 Å². The summed E-state index contributed by atoms with van der Waals surface area (Å²) in [5.41, 5.74) is 5.56. The molecule has 1 aromatic heterocycles. The van der Waals surface area contributed by atoms with Crippen molar-refractivity contribution in [1.82, 2.24) is 5.43 Å². The van der Waals surface area contributed by atoms with E-state index in [0.717, 1.165) is 12.0 Å². The Morgan fingerprint density at radius 2 is 2.05 bits per heavy atom. The first-order valence-corrected chi connectivity index (χ1v) is 8.26. The molecule has 1 aliphatic rings. The van der Waals surface area contributed by atoms with Crippen molar-refractivity contribution in [1.29, 1.82) is 0 Å². The third-order valence-electron chi connectivity index (χ3n) is 3.73. The summed E-state index contributed by atoms with van der Waals surface area (Å²) >= 11 is 13.9. The molecule has 0 aliphatic heterocycles. The Balaban J connectivity index is 1.80. The number of aryl methyl sites for hydroxylation is 2. The van der Waals surface area contributed by atoms with Gasteiger partial charge in [-0.1, -0.05) is 29.3 Å². The lowest BCUT2D eigenvalue weighted by Gasteiger charge is -2.15. The number of benzene rings is 1. The highest BCUT2D eigenvalue weighted by atomic mass is 35.5. The second kappa shape index (κ2) is 6.04. The van der Waals surface area contributed by atoms with Crippen molar-refractivity contribution >= 4 is 34.5 Å². The van der Waals surface area contributed by atoms with Gasteiger partial charge >= 0.3 is 0 Å². The van der Waals surface area contributed by atoms with Crippen LogP contribution in [0.4, 0.5) is 0 Å². The maximum Gasteiger partial charge on any atom is 0.0595 e. The van der Waals surface area contributed by atoms with Crippen molar-refractivity contribution in [2.24, 2.45) is 5.84 Å². The molecule has 0 fully saturated rings. The number of hydrogen-bond acceptors (Lipinski definition) is 3. The van der Waals surface area contributed by atoms with Crippen LogP contribution in [0, 0.1) is 0 Å². The highest BCUT2D eigenvalue weighted by Gasteiger charge is 2.20. The van der Waals surface area contributed by atoms with E-state index in [1.165, 1.54) is 34.6 Å². The highest BCUT2D eigenvalue weighted by Crippen LogP contribution is 2.35. The van der Waals surface area contributed by atoms with Gasteiger partial charge in [-0.3, -0.25) is 11.3 Å². The van der Waals surface area contributed by atoms with E-state index in [2.05, 4.69) is 11.5 Å². The summed E-state index contributed by atoms with van der Waals surface area (Å²) in [5.74, 6) is 5.74. The molecule has 1 unspecified atom stereocenters. The van der Waals surface area contributed by atoms with Gasteiger partial charge in [0.05, 0.1) is 16.1 Å². The number of fused-ring (bicyclic) bond motifs is 1. The average Bonchev–Trinajstić information content (AvgIpc) is 3.01. The molecule has 1 aliphatic carbocycles. The molecular weight excluding hydrogens is 311 g/mol. The summed E-state index contributed by atoms with van der Waals surface area (Å²) in [4.78, 5) is 2.83. The maximum absolute atomic E-state index is 6.07. The predicted molar refractivity (Wildman–Crippen MR) is 86.6 cm³/mol. The number of halogens is 2. The van der Waals surface area contributed by atoms with Crippen LogP contribution in [0.5, 0.6) is 0 Å². The molecule has 2 nitrogen and oxygen atoms in total. The van der Waals surface area contributed by atoms with E-state index in [9.17, 15) is 0 Å². The van der Waals surface area contributed by atoms with Crippen LogP contribution in [0.3, 0.4) is 0 Å². The largest absolute Gasteiger partial charge is 0.271 e.